The van der Waals surface area contributed by atoms with Crippen LogP contribution in [0.4, 0.5) is 4.79 Å². The van der Waals surface area contributed by atoms with Crippen LogP contribution >= 0.6 is 0 Å². The minimum atomic E-state index is -1.18. The molecule has 10 heteroatoms. The standard InChI is InChI=1S/C34H49N3O7/c1-22(2)19-27(32(40)43-21-26-17-13-10-14-18-26)35-30(38)28(23(3)4)36-31(39)29(37-33(41)44-34(6,7)8)24(5)42-20-25-15-11-9-12-16-25/h9-18,22-24,27-29H,19-21H2,1-8H3,(H,35,38)(H,36,39)(H,37,41). The Hall–Kier alpha value is -3.92. The highest BCUT2D eigenvalue weighted by atomic mass is 16.6. The molecule has 0 saturated carbocycles. The van der Waals surface area contributed by atoms with Crippen molar-refractivity contribution in [2.45, 2.75) is 105 Å². The third-order valence-electron chi connectivity index (χ3n) is 6.56. The highest BCUT2D eigenvalue weighted by Gasteiger charge is 2.35. The molecular weight excluding hydrogens is 562 g/mol. The van der Waals surface area contributed by atoms with Gasteiger partial charge in [-0.3, -0.25) is 9.59 Å². The van der Waals surface area contributed by atoms with Gasteiger partial charge in [0, 0.05) is 0 Å². The molecule has 0 aliphatic heterocycles. The second-order valence-electron chi connectivity index (χ2n) is 12.6. The molecule has 0 aliphatic carbocycles. The predicted octanol–water partition coefficient (Wildman–Crippen LogP) is 4.90. The number of alkyl carbamates (subject to hydrolysis) is 1. The predicted molar refractivity (Wildman–Crippen MR) is 168 cm³/mol. The van der Waals surface area contributed by atoms with Gasteiger partial charge in [-0.05, 0) is 57.1 Å². The number of carbonyl (C=O) groups is 4. The van der Waals surface area contributed by atoms with E-state index in [2.05, 4.69) is 16.0 Å². The van der Waals surface area contributed by atoms with Crippen molar-refractivity contribution in [2.75, 3.05) is 0 Å². The number of rotatable bonds is 15. The van der Waals surface area contributed by atoms with Crippen molar-refractivity contribution in [3.05, 3.63) is 71.8 Å². The van der Waals surface area contributed by atoms with Crippen LogP contribution in [0.2, 0.25) is 0 Å². The van der Waals surface area contributed by atoms with Crippen LogP contribution < -0.4 is 16.0 Å². The minimum absolute atomic E-state index is 0.0768. The molecule has 0 radical (unpaired) electrons. The van der Waals surface area contributed by atoms with E-state index in [0.717, 1.165) is 11.1 Å². The zero-order chi connectivity index (χ0) is 32.9. The molecule has 0 spiro atoms. The summed E-state index contributed by atoms with van der Waals surface area (Å²) in [5.74, 6) is -1.98. The van der Waals surface area contributed by atoms with E-state index >= 15 is 0 Å². The lowest BCUT2D eigenvalue weighted by atomic mass is 9.99. The summed E-state index contributed by atoms with van der Waals surface area (Å²) in [5, 5.41) is 8.16. The normalized spacial score (nSPS) is 14.2. The van der Waals surface area contributed by atoms with E-state index in [-0.39, 0.29) is 25.0 Å². The molecule has 0 saturated heterocycles. The van der Waals surface area contributed by atoms with Gasteiger partial charge in [0.1, 0.15) is 30.3 Å². The quantitative estimate of drug-likeness (QED) is 0.244. The Morgan fingerprint density at radius 2 is 1.23 bits per heavy atom. The van der Waals surface area contributed by atoms with Gasteiger partial charge in [0.05, 0.1) is 12.7 Å². The van der Waals surface area contributed by atoms with Crippen molar-refractivity contribution in [1.82, 2.24) is 16.0 Å². The Balaban J connectivity index is 2.18. The lowest BCUT2D eigenvalue weighted by Gasteiger charge is -2.30. The molecule has 0 bridgehead atoms. The van der Waals surface area contributed by atoms with Crippen molar-refractivity contribution >= 4 is 23.9 Å². The van der Waals surface area contributed by atoms with Crippen LogP contribution in [0.15, 0.2) is 60.7 Å². The van der Waals surface area contributed by atoms with E-state index in [1.54, 1.807) is 41.5 Å². The van der Waals surface area contributed by atoms with Crippen LogP contribution in [0, 0.1) is 11.8 Å². The molecule has 0 fully saturated rings. The van der Waals surface area contributed by atoms with Crippen LogP contribution in [0.5, 0.6) is 0 Å². The van der Waals surface area contributed by atoms with Gasteiger partial charge >= 0.3 is 12.1 Å². The molecule has 3 N–H and O–H groups in total. The first kappa shape index (κ1) is 36.3. The summed E-state index contributed by atoms with van der Waals surface area (Å²) in [5.41, 5.74) is 0.931. The fraction of sp³-hybridized carbons (Fsp3) is 0.529. The molecule has 242 valence electrons. The summed E-state index contributed by atoms with van der Waals surface area (Å²) in [6.07, 6.45) is -1.22. The zero-order valence-electron chi connectivity index (χ0n) is 27.2. The van der Waals surface area contributed by atoms with Crippen molar-refractivity contribution < 1.29 is 33.4 Å². The summed E-state index contributed by atoms with van der Waals surface area (Å²) < 4.78 is 16.9. The SMILES string of the molecule is CC(C)CC(NC(=O)C(NC(=O)C(NC(=O)OC(C)(C)C)C(C)OCc1ccccc1)C(C)C)C(=O)OCc1ccccc1. The Morgan fingerprint density at radius 1 is 0.705 bits per heavy atom. The highest BCUT2D eigenvalue weighted by Crippen LogP contribution is 2.13. The molecule has 3 amide bonds. The van der Waals surface area contributed by atoms with Gasteiger partial charge in [-0.25, -0.2) is 9.59 Å². The molecule has 4 unspecified atom stereocenters. The number of carbonyl (C=O) groups excluding carboxylic acids is 4. The van der Waals surface area contributed by atoms with Crippen LogP contribution in [-0.4, -0.2) is 53.7 Å². The molecule has 2 aromatic rings. The molecule has 0 heterocycles. The number of esters is 1. The van der Waals surface area contributed by atoms with Crippen molar-refractivity contribution in [3.8, 4) is 0 Å². The monoisotopic (exact) mass is 611 g/mol. The molecule has 0 aromatic heterocycles. The molecular formula is C34H49N3O7. The van der Waals surface area contributed by atoms with Gasteiger partial charge in [-0.1, -0.05) is 88.4 Å². The Kier molecular flexibility index (Phi) is 14.3. The third kappa shape index (κ3) is 13.2. The Bertz CT molecular complexity index is 1200. The Morgan fingerprint density at radius 3 is 1.73 bits per heavy atom. The van der Waals surface area contributed by atoms with E-state index in [9.17, 15) is 19.2 Å². The number of amides is 3. The molecule has 2 aromatic carbocycles. The fourth-order valence-corrected chi connectivity index (χ4v) is 4.28. The van der Waals surface area contributed by atoms with Crippen LogP contribution in [-0.2, 0) is 41.8 Å². The van der Waals surface area contributed by atoms with E-state index in [1.807, 2.05) is 74.5 Å². The summed E-state index contributed by atoms with van der Waals surface area (Å²) in [6.45, 7) is 14.5. The van der Waals surface area contributed by atoms with Gasteiger partial charge in [-0.2, -0.15) is 0 Å². The van der Waals surface area contributed by atoms with Gasteiger partial charge in [0.15, 0.2) is 0 Å². The van der Waals surface area contributed by atoms with E-state index in [1.165, 1.54) is 0 Å². The fourth-order valence-electron chi connectivity index (χ4n) is 4.28. The van der Waals surface area contributed by atoms with Gasteiger partial charge in [-0.15, -0.1) is 0 Å². The maximum atomic E-state index is 13.6. The van der Waals surface area contributed by atoms with Gasteiger partial charge < -0.3 is 30.2 Å². The average Bonchev–Trinajstić information content (AvgIpc) is 2.95. The second-order valence-corrected chi connectivity index (χ2v) is 12.6. The molecule has 4 atom stereocenters. The van der Waals surface area contributed by atoms with Crippen LogP contribution in [0.25, 0.3) is 0 Å². The van der Waals surface area contributed by atoms with E-state index in [0.29, 0.717) is 6.42 Å². The third-order valence-corrected chi connectivity index (χ3v) is 6.56. The van der Waals surface area contributed by atoms with Crippen LogP contribution in [0.1, 0.15) is 72.9 Å². The topological polar surface area (TPSA) is 132 Å². The molecule has 0 aliphatic rings. The van der Waals surface area contributed by atoms with Gasteiger partial charge in [0.2, 0.25) is 11.8 Å². The Labute approximate surface area is 261 Å². The molecule has 10 nitrogen and oxygen atoms in total. The lowest BCUT2D eigenvalue weighted by Crippen LogP contribution is -2.60. The van der Waals surface area contributed by atoms with E-state index in [4.69, 9.17) is 14.2 Å². The second kappa shape index (κ2) is 17.4. The van der Waals surface area contributed by atoms with E-state index < -0.39 is 53.7 Å². The summed E-state index contributed by atoms with van der Waals surface area (Å²) in [7, 11) is 0. The first-order valence-electron chi connectivity index (χ1n) is 15.1. The highest BCUT2D eigenvalue weighted by molar-refractivity contribution is 5.93. The number of nitrogens with one attached hydrogen (secondary N) is 3. The maximum Gasteiger partial charge on any atom is 0.408 e. The maximum absolute atomic E-state index is 13.6. The summed E-state index contributed by atoms with van der Waals surface area (Å²) >= 11 is 0. The number of hydrogen-bond donors (Lipinski definition) is 3. The molecule has 44 heavy (non-hydrogen) atoms. The largest absolute Gasteiger partial charge is 0.459 e. The van der Waals surface area contributed by atoms with Gasteiger partial charge in [0.25, 0.3) is 0 Å². The summed E-state index contributed by atoms with van der Waals surface area (Å²) in [4.78, 5) is 52.9. The van der Waals surface area contributed by atoms with Crippen LogP contribution in [0.3, 0.4) is 0 Å². The van der Waals surface area contributed by atoms with Crippen molar-refractivity contribution in [1.29, 1.82) is 0 Å². The zero-order valence-corrected chi connectivity index (χ0v) is 27.2. The number of ether oxygens (including phenoxy) is 3. The average molecular weight is 612 g/mol. The summed E-state index contributed by atoms with van der Waals surface area (Å²) in [6, 6.07) is 15.6. The van der Waals surface area contributed by atoms with Crippen molar-refractivity contribution in [2.24, 2.45) is 11.8 Å². The molecule has 2 rings (SSSR count). The first-order chi connectivity index (χ1) is 20.7. The number of hydrogen-bond acceptors (Lipinski definition) is 7. The smallest absolute Gasteiger partial charge is 0.408 e. The van der Waals surface area contributed by atoms with Crippen molar-refractivity contribution in [3.63, 3.8) is 0 Å². The first-order valence-corrected chi connectivity index (χ1v) is 15.1. The minimum Gasteiger partial charge on any atom is -0.459 e. The lowest BCUT2D eigenvalue weighted by molar-refractivity contribution is -0.150. The number of benzene rings is 2.